The number of nitrogens with two attached hydrogens (primary N) is 1. The summed E-state index contributed by atoms with van der Waals surface area (Å²) in [5.41, 5.74) is 7.02. The van der Waals surface area contributed by atoms with Crippen molar-refractivity contribution in [2.24, 2.45) is 11.7 Å². The van der Waals surface area contributed by atoms with E-state index in [1.807, 2.05) is 11.3 Å². The lowest BCUT2D eigenvalue weighted by molar-refractivity contribution is 0.422. The van der Waals surface area contributed by atoms with E-state index in [-0.39, 0.29) is 0 Å². The van der Waals surface area contributed by atoms with E-state index in [1.165, 1.54) is 36.1 Å². The van der Waals surface area contributed by atoms with E-state index in [1.54, 1.807) is 0 Å². The van der Waals surface area contributed by atoms with E-state index in [9.17, 15) is 0 Å². The molecule has 1 rings (SSSR count). The van der Waals surface area contributed by atoms with Crippen LogP contribution in [-0.4, -0.2) is 13.1 Å². The zero-order valence-corrected chi connectivity index (χ0v) is 12.0. The van der Waals surface area contributed by atoms with Gasteiger partial charge in [-0.15, -0.1) is 11.3 Å². The summed E-state index contributed by atoms with van der Waals surface area (Å²) in [5.74, 6) is 0.824. The van der Waals surface area contributed by atoms with Crippen LogP contribution in [0.4, 0.5) is 0 Å². The molecule has 0 aliphatic heterocycles. The number of hydrogen-bond acceptors (Lipinski definition) is 3. The summed E-state index contributed by atoms with van der Waals surface area (Å²) in [6, 6.07) is 2.19. The quantitative estimate of drug-likeness (QED) is 0.664. The van der Waals surface area contributed by atoms with Crippen molar-refractivity contribution in [3.63, 3.8) is 0 Å². The van der Waals surface area contributed by atoms with Crippen molar-refractivity contribution in [3.8, 4) is 0 Å². The first-order chi connectivity index (χ1) is 8.27. The molecular weight excluding hydrogens is 228 g/mol. The lowest BCUT2D eigenvalue weighted by Gasteiger charge is -2.13. The summed E-state index contributed by atoms with van der Waals surface area (Å²) < 4.78 is 0. The Morgan fingerprint density at radius 3 is 2.82 bits per heavy atom. The molecule has 2 nitrogen and oxygen atoms in total. The molecule has 3 N–H and O–H groups in total. The van der Waals surface area contributed by atoms with Crippen LogP contribution >= 0.6 is 11.3 Å². The molecule has 1 aromatic heterocycles. The maximum absolute atomic E-state index is 5.60. The smallest absolute Gasteiger partial charge is 0.0302 e. The molecule has 3 heteroatoms. The average molecular weight is 254 g/mol. The van der Waals surface area contributed by atoms with E-state index in [0.717, 1.165) is 25.6 Å². The Bertz CT molecular complexity index is 296. The Kier molecular flexibility index (Phi) is 7.49. The van der Waals surface area contributed by atoms with Gasteiger partial charge in [0, 0.05) is 11.4 Å². The number of thiophene rings is 1. The molecule has 0 bridgehead atoms. The highest BCUT2D eigenvalue weighted by Gasteiger charge is 2.04. The summed E-state index contributed by atoms with van der Waals surface area (Å²) >= 11 is 1.85. The van der Waals surface area contributed by atoms with E-state index >= 15 is 0 Å². The van der Waals surface area contributed by atoms with Gasteiger partial charge in [-0.3, -0.25) is 0 Å². The molecule has 0 saturated carbocycles. The maximum atomic E-state index is 5.60. The molecule has 0 aliphatic carbocycles. The summed E-state index contributed by atoms with van der Waals surface area (Å²) in [5, 5.41) is 5.70. The van der Waals surface area contributed by atoms with Crippen molar-refractivity contribution in [2.75, 3.05) is 13.1 Å². The van der Waals surface area contributed by atoms with Gasteiger partial charge < -0.3 is 11.1 Å². The van der Waals surface area contributed by atoms with Gasteiger partial charge in [-0.2, -0.15) is 0 Å². The second kappa shape index (κ2) is 8.67. The Labute approximate surface area is 110 Å². The Morgan fingerprint density at radius 1 is 1.41 bits per heavy atom. The second-order valence-corrected chi connectivity index (χ2v) is 5.70. The molecule has 0 fully saturated rings. The molecule has 0 aromatic carbocycles. The van der Waals surface area contributed by atoms with Gasteiger partial charge in [-0.05, 0) is 62.2 Å². The number of rotatable bonds is 9. The molecule has 0 aliphatic rings. The van der Waals surface area contributed by atoms with Crippen LogP contribution in [0.1, 0.15) is 43.0 Å². The lowest BCUT2D eigenvalue weighted by Crippen LogP contribution is -2.16. The summed E-state index contributed by atoms with van der Waals surface area (Å²) in [6.07, 6.45) is 5.02. The molecule has 0 radical (unpaired) electrons. The van der Waals surface area contributed by atoms with Gasteiger partial charge in [0.05, 0.1) is 0 Å². The molecule has 17 heavy (non-hydrogen) atoms. The molecule has 1 unspecified atom stereocenters. The van der Waals surface area contributed by atoms with Crippen LogP contribution in [0.15, 0.2) is 11.4 Å². The first kappa shape index (κ1) is 14.7. The standard InChI is InChI=1S/C14H26N2S/c1-3-13(6-8-15)5-4-9-16-11-14-12(2)7-10-17-14/h7,10,13,16H,3-6,8-9,11,15H2,1-2H3. The number of nitrogens with one attached hydrogen (secondary N) is 1. The molecule has 0 spiro atoms. The number of hydrogen-bond donors (Lipinski definition) is 2. The summed E-state index contributed by atoms with van der Waals surface area (Å²) in [4.78, 5) is 1.47. The fraction of sp³-hybridized carbons (Fsp3) is 0.714. The minimum atomic E-state index is 0.824. The maximum Gasteiger partial charge on any atom is 0.0302 e. The van der Waals surface area contributed by atoms with Gasteiger partial charge in [0.2, 0.25) is 0 Å². The topological polar surface area (TPSA) is 38.0 Å². The summed E-state index contributed by atoms with van der Waals surface area (Å²) in [7, 11) is 0. The van der Waals surface area contributed by atoms with E-state index < -0.39 is 0 Å². The van der Waals surface area contributed by atoms with Gasteiger partial charge in [-0.1, -0.05) is 13.3 Å². The van der Waals surface area contributed by atoms with Gasteiger partial charge in [0.25, 0.3) is 0 Å². The van der Waals surface area contributed by atoms with Gasteiger partial charge in [0.1, 0.15) is 0 Å². The van der Waals surface area contributed by atoms with E-state index in [4.69, 9.17) is 5.73 Å². The predicted molar refractivity (Wildman–Crippen MR) is 77.4 cm³/mol. The largest absolute Gasteiger partial charge is 0.330 e. The van der Waals surface area contributed by atoms with Crippen LogP contribution < -0.4 is 11.1 Å². The monoisotopic (exact) mass is 254 g/mol. The van der Waals surface area contributed by atoms with Gasteiger partial charge in [0.15, 0.2) is 0 Å². The third-order valence-corrected chi connectivity index (χ3v) is 4.39. The van der Waals surface area contributed by atoms with Crippen molar-refractivity contribution in [2.45, 2.75) is 46.1 Å². The fourth-order valence-corrected chi connectivity index (χ4v) is 2.97. The van der Waals surface area contributed by atoms with E-state index in [0.29, 0.717) is 0 Å². The molecule has 98 valence electrons. The molecular formula is C14H26N2S. The van der Waals surface area contributed by atoms with Crippen LogP contribution in [-0.2, 0) is 6.54 Å². The Morgan fingerprint density at radius 2 is 2.24 bits per heavy atom. The lowest BCUT2D eigenvalue weighted by atomic mass is 9.97. The van der Waals surface area contributed by atoms with E-state index in [2.05, 4.69) is 30.6 Å². The summed E-state index contributed by atoms with van der Waals surface area (Å²) in [6.45, 7) is 7.43. The van der Waals surface area contributed by atoms with Gasteiger partial charge >= 0.3 is 0 Å². The SMILES string of the molecule is CCC(CCN)CCCNCc1sccc1C. The van der Waals surface area contributed by atoms with Crippen LogP contribution in [0.2, 0.25) is 0 Å². The van der Waals surface area contributed by atoms with Crippen molar-refractivity contribution < 1.29 is 0 Å². The first-order valence-electron chi connectivity index (χ1n) is 6.71. The van der Waals surface area contributed by atoms with Crippen LogP contribution in [0.25, 0.3) is 0 Å². The zero-order chi connectivity index (χ0) is 12.5. The molecule has 1 heterocycles. The zero-order valence-electron chi connectivity index (χ0n) is 11.2. The Balaban J connectivity index is 2.06. The minimum absolute atomic E-state index is 0.824. The van der Waals surface area contributed by atoms with Crippen molar-refractivity contribution in [1.82, 2.24) is 5.32 Å². The second-order valence-electron chi connectivity index (χ2n) is 4.70. The van der Waals surface area contributed by atoms with Crippen LogP contribution in [0.5, 0.6) is 0 Å². The van der Waals surface area contributed by atoms with Crippen LogP contribution in [0, 0.1) is 12.8 Å². The van der Waals surface area contributed by atoms with Crippen molar-refractivity contribution in [1.29, 1.82) is 0 Å². The molecule has 1 aromatic rings. The van der Waals surface area contributed by atoms with Gasteiger partial charge in [-0.25, -0.2) is 0 Å². The predicted octanol–water partition coefficient (Wildman–Crippen LogP) is 3.30. The number of aryl methyl sites for hydroxylation is 1. The first-order valence-corrected chi connectivity index (χ1v) is 7.59. The van der Waals surface area contributed by atoms with Crippen molar-refractivity contribution in [3.05, 3.63) is 21.9 Å². The molecule has 0 saturated heterocycles. The minimum Gasteiger partial charge on any atom is -0.330 e. The Hall–Kier alpha value is -0.380. The third-order valence-electron chi connectivity index (χ3n) is 3.37. The third kappa shape index (κ3) is 5.66. The normalized spacial score (nSPS) is 12.9. The van der Waals surface area contributed by atoms with Crippen LogP contribution in [0.3, 0.4) is 0 Å². The highest BCUT2D eigenvalue weighted by molar-refractivity contribution is 7.10. The highest BCUT2D eigenvalue weighted by Crippen LogP contribution is 2.16. The van der Waals surface area contributed by atoms with Crippen molar-refractivity contribution >= 4 is 11.3 Å². The highest BCUT2D eigenvalue weighted by atomic mass is 32.1. The molecule has 1 atom stereocenters. The fourth-order valence-electron chi connectivity index (χ4n) is 2.09. The average Bonchev–Trinajstić information content (AvgIpc) is 2.73. The molecule has 0 amide bonds.